The van der Waals surface area contributed by atoms with Crippen LogP contribution in [0.15, 0.2) is 6.33 Å². The number of methoxy groups -OCH3 is 1. The van der Waals surface area contributed by atoms with Crippen LogP contribution in [-0.4, -0.2) is 42.8 Å². The van der Waals surface area contributed by atoms with Crippen LogP contribution in [0, 0.1) is 12.8 Å². The molecule has 0 spiro atoms. The minimum absolute atomic E-state index is 0.688. The van der Waals surface area contributed by atoms with Gasteiger partial charge in [0.1, 0.15) is 12.1 Å². The number of rotatable bonds is 5. The Balaban J connectivity index is 1.57. The summed E-state index contributed by atoms with van der Waals surface area (Å²) in [5.74, 6) is 2.54. The van der Waals surface area contributed by atoms with Crippen LogP contribution in [-0.2, 0) is 0 Å². The third kappa shape index (κ3) is 3.03. The minimum Gasteiger partial charge on any atom is -0.481 e. The Morgan fingerprint density at radius 3 is 2.65 bits per heavy atom. The van der Waals surface area contributed by atoms with Crippen LogP contribution >= 0.6 is 0 Å². The molecular formula is C15H24N4O. The van der Waals surface area contributed by atoms with E-state index < -0.39 is 0 Å². The third-order valence-corrected chi connectivity index (χ3v) is 4.39. The summed E-state index contributed by atoms with van der Waals surface area (Å²) < 4.78 is 5.28. The van der Waals surface area contributed by atoms with E-state index >= 15 is 0 Å². The Bertz CT molecular complexity index is 453. The molecule has 5 nitrogen and oxygen atoms in total. The minimum atomic E-state index is 0.688. The predicted molar refractivity (Wildman–Crippen MR) is 79.3 cm³/mol. The van der Waals surface area contributed by atoms with E-state index in [4.69, 9.17) is 4.74 Å². The van der Waals surface area contributed by atoms with Gasteiger partial charge in [-0.1, -0.05) is 0 Å². The molecule has 2 heterocycles. The summed E-state index contributed by atoms with van der Waals surface area (Å²) in [6.45, 7) is 5.38. The Hall–Kier alpha value is -1.36. The van der Waals surface area contributed by atoms with Gasteiger partial charge in [0.05, 0.1) is 12.7 Å². The number of anilines is 1. The van der Waals surface area contributed by atoms with Crippen LogP contribution in [0.25, 0.3) is 0 Å². The summed E-state index contributed by atoms with van der Waals surface area (Å²) in [6, 6.07) is 0.821. The molecule has 1 aliphatic heterocycles. The van der Waals surface area contributed by atoms with Gasteiger partial charge in [-0.25, -0.2) is 9.97 Å². The molecule has 0 aromatic carbocycles. The number of hydrogen-bond acceptors (Lipinski definition) is 5. The van der Waals surface area contributed by atoms with Crippen molar-refractivity contribution in [3.05, 3.63) is 11.9 Å². The van der Waals surface area contributed by atoms with Gasteiger partial charge < -0.3 is 15.0 Å². The van der Waals surface area contributed by atoms with Crippen molar-refractivity contribution in [1.29, 1.82) is 0 Å². The third-order valence-electron chi connectivity index (χ3n) is 4.39. The van der Waals surface area contributed by atoms with Gasteiger partial charge in [0.15, 0.2) is 0 Å². The van der Waals surface area contributed by atoms with Gasteiger partial charge in [-0.05, 0) is 45.1 Å². The number of piperidine rings is 1. The monoisotopic (exact) mass is 276 g/mol. The predicted octanol–water partition coefficient (Wildman–Crippen LogP) is 1.76. The zero-order chi connectivity index (χ0) is 13.9. The lowest BCUT2D eigenvalue weighted by atomic mass is 9.96. The SMILES string of the molecule is COc1ncnc(N2CCC(CNC3CC3)CC2)c1C. The molecule has 1 saturated heterocycles. The first kappa shape index (κ1) is 13.6. The highest BCUT2D eigenvalue weighted by molar-refractivity contribution is 5.50. The maximum Gasteiger partial charge on any atom is 0.221 e. The number of ether oxygens (including phenoxy) is 1. The Morgan fingerprint density at radius 2 is 2.00 bits per heavy atom. The summed E-state index contributed by atoms with van der Waals surface area (Å²) in [6.07, 6.45) is 6.83. The van der Waals surface area contributed by atoms with Crippen molar-refractivity contribution in [1.82, 2.24) is 15.3 Å². The van der Waals surface area contributed by atoms with Crippen LogP contribution in [0.4, 0.5) is 5.82 Å². The first-order chi connectivity index (χ1) is 9.78. The van der Waals surface area contributed by atoms with Crippen molar-refractivity contribution in [2.75, 3.05) is 31.6 Å². The highest BCUT2D eigenvalue weighted by atomic mass is 16.5. The van der Waals surface area contributed by atoms with Gasteiger partial charge in [-0.3, -0.25) is 0 Å². The topological polar surface area (TPSA) is 50.3 Å². The Labute approximate surface area is 120 Å². The molecule has 3 rings (SSSR count). The van der Waals surface area contributed by atoms with Crippen LogP contribution in [0.5, 0.6) is 5.88 Å². The molecule has 1 aromatic rings. The lowest BCUT2D eigenvalue weighted by Crippen LogP contribution is -2.38. The van der Waals surface area contributed by atoms with E-state index in [9.17, 15) is 0 Å². The molecule has 1 saturated carbocycles. The van der Waals surface area contributed by atoms with Gasteiger partial charge in [0, 0.05) is 19.1 Å². The number of nitrogens with one attached hydrogen (secondary N) is 1. The molecule has 0 unspecified atom stereocenters. The summed E-state index contributed by atoms with van der Waals surface area (Å²) >= 11 is 0. The normalized spacial score (nSPS) is 20.2. The highest BCUT2D eigenvalue weighted by Crippen LogP contribution is 2.28. The molecular weight excluding hydrogens is 252 g/mol. The molecule has 1 aliphatic carbocycles. The summed E-state index contributed by atoms with van der Waals surface area (Å²) in [7, 11) is 1.66. The molecule has 1 aromatic heterocycles. The fourth-order valence-electron chi connectivity index (χ4n) is 2.92. The lowest BCUT2D eigenvalue weighted by Gasteiger charge is -2.33. The van der Waals surface area contributed by atoms with Crippen molar-refractivity contribution >= 4 is 5.82 Å². The summed E-state index contributed by atoms with van der Waals surface area (Å²) in [5.41, 5.74) is 1.05. The maximum atomic E-state index is 5.28. The van der Waals surface area contributed by atoms with Crippen molar-refractivity contribution in [3.8, 4) is 5.88 Å². The van der Waals surface area contributed by atoms with E-state index in [0.717, 1.165) is 36.4 Å². The molecule has 0 bridgehead atoms. The second-order valence-corrected chi connectivity index (χ2v) is 5.94. The van der Waals surface area contributed by atoms with Crippen LogP contribution < -0.4 is 15.0 Å². The largest absolute Gasteiger partial charge is 0.481 e. The van der Waals surface area contributed by atoms with Crippen molar-refractivity contribution < 1.29 is 4.74 Å². The van der Waals surface area contributed by atoms with E-state index in [1.54, 1.807) is 13.4 Å². The molecule has 20 heavy (non-hydrogen) atoms. The average Bonchev–Trinajstić information content (AvgIpc) is 3.30. The van der Waals surface area contributed by atoms with Crippen LogP contribution in [0.2, 0.25) is 0 Å². The van der Waals surface area contributed by atoms with Crippen molar-refractivity contribution in [2.24, 2.45) is 5.92 Å². The molecule has 5 heteroatoms. The van der Waals surface area contributed by atoms with Gasteiger partial charge in [0.2, 0.25) is 5.88 Å². The number of aromatic nitrogens is 2. The molecule has 110 valence electrons. The smallest absolute Gasteiger partial charge is 0.221 e. The number of nitrogens with zero attached hydrogens (tertiary/aromatic N) is 3. The standard InChI is InChI=1S/C15H24N4O/c1-11-14(17-10-18-15(11)20-2)19-7-5-12(6-8-19)9-16-13-3-4-13/h10,12-13,16H,3-9H2,1-2H3. The highest BCUT2D eigenvalue weighted by Gasteiger charge is 2.25. The second kappa shape index (κ2) is 5.95. The van der Waals surface area contributed by atoms with Gasteiger partial charge in [-0.2, -0.15) is 0 Å². The summed E-state index contributed by atoms with van der Waals surface area (Å²) in [4.78, 5) is 11.0. The van der Waals surface area contributed by atoms with Crippen LogP contribution in [0.3, 0.4) is 0 Å². The van der Waals surface area contributed by atoms with Gasteiger partial charge >= 0.3 is 0 Å². The zero-order valence-electron chi connectivity index (χ0n) is 12.4. The Morgan fingerprint density at radius 1 is 1.25 bits per heavy atom. The van der Waals surface area contributed by atoms with E-state index in [2.05, 4.69) is 20.2 Å². The van der Waals surface area contributed by atoms with Crippen molar-refractivity contribution in [3.63, 3.8) is 0 Å². The average molecular weight is 276 g/mol. The van der Waals surface area contributed by atoms with Gasteiger partial charge in [0.25, 0.3) is 0 Å². The zero-order valence-corrected chi connectivity index (χ0v) is 12.4. The van der Waals surface area contributed by atoms with Crippen molar-refractivity contribution in [2.45, 2.75) is 38.6 Å². The Kier molecular flexibility index (Phi) is 4.05. The van der Waals surface area contributed by atoms with E-state index in [-0.39, 0.29) is 0 Å². The van der Waals surface area contributed by atoms with E-state index in [0.29, 0.717) is 5.88 Å². The first-order valence-electron chi connectivity index (χ1n) is 7.62. The fourth-order valence-corrected chi connectivity index (χ4v) is 2.92. The molecule has 2 fully saturated rings. The lowest BCUT2D eigenvalue weighted by molar-refractivity contribution is 0.377. The second-order valence-electron chi connectivity index (χ2n) is 5.94. The first-order valence-corrected chi connectivity index (χ1v) is 7.62. The molecule has 0 atom stereocenters. The molecule has 0 amide bonds. The van der Waals surface area contributed by atoms with E-state index in [1.807, 2.05) is 6.92 Å². The van der Waals surface area contributed by atoms with Crippen LogP contribution in [0.1, 0.15) is 31.2 Å². The molecule has 0 radical (unpaired) electrons. The molecule has 1 N–H and O–H groups in total. The van der Waals surface area contributed by atoms with E-state index in [1.165, 1.54) is 32.2 Å². The summed E-state index contributed by atoms with van der Waals surface area (Å²) in [5, 5.41) is 3.65. The fraction of sp³-hybridized carbons (Fsp3) is 0.733. The molecule has 2 aliphatic rings. The maximum absolute atomic E-state index is 5.28. The number of hydrogen-bond donors (Lipinski definition) is 1. The van der Waals surface area contributed by atoms with Gasteiger partial charge in [-0.15, -0.1) is 0 Å². The quantitative estimate of drug-likeness (QED) is 0.888.